The Labute approximate surface area is 112 Å². The van der Waals surface area contributed by atoms with E-state index < -0.39 is 0 Å². The molecule has 0 unspecified atom stereocenters. The molecule has 1 aliphatic rings. The zero-order valence-electron chi connectivity index (χ0n) is 10.1. The van der Waals surface area contributed by atoms with E-state index in [0.29, 0.717) is 0 Å². The lowest BCUT2D eigenvalue weighted by Gasteiger charge is -2.32. The molecule has 2 heterocycles. The monoisotopic (exact) mass is 271 g/mol. The fraction of sp³-hybridized carbons (Fsp3) is 0.667. The maximum Gasteiger partial charge on any atom is 0.189 e. The number of alkyl halides is 1. The van der Waals surface area contributed by atoms with Gasteiger partial charge in [0.25, 0.3) is 0 Å². The summed E-state index contributed by atoms with van der Waals surface area (Å²) < 4.78 is 0. The Bertz CT molecular complexity index is 353. The van der Waals surface area contributed by atoms with Crippen molar-refractivity contribution < 1.29 is 0 Å². The fourth-order valence-corrected chi connectivity index (χ4v) is 2.87. The van der Waals surface area contributed by atoms with E-state index in [2.05, 4.69) is 14.9 Å². The molecule has 0 amide bonds. The number of hydrogen-bond donors (Lipinski definition) is 0. The number of aromatic nitrogens is 2. The first kappa shape index (κ1) is 13.0. The second kappa shape index (κ2) is 6.45. The van der Waals surface area contributed by atoms with Crippen molar-refractivity contribution >= 4 is 29.2 Å². The maximum atomic E-state index is 5.79. The number of thioether (sulfide) groups is 1. The summed E-state index contributed by atoms with van der Waals surface area (Å²) in [6.45, 7) is 2.18. The van der Waals surface area contributed by atoms with Crippen LogP contribution in [0.1, 0.15) is 19.3 Å². The van der Waals surface area contributed by atoms with Crippen LogP contribution in [0.2, 0.25) is 0 Å². The molecule has 17 heavy (non-hydrogen) atoms. The Morgan fingerprint density at radius 2 is 2.24 bits per heavy atom. The van der Waals surface area contributed by atoms with Crippen LogP contribution < -0.4 is 4.90 Å². The average molecular weight is 272 g/mol. The van der Waals surface area contributed by atoms with Crippen molar-refractivity contribution in [3.05, 3.63) is 12.3 Å². The summed E-state index contributed by atoms with van der Waals surface area (Å²) in [5, 5.41) is 0.852. The van der Waals surface area contributed by atoms with Crippen molar-refractivity contribution in [3.63, 3.8) is 0 Å². The van der Waals surface area contributed by atoms with Crippen LogP contribution in [0.3, 0.4) is 0 Å². The average Bonchev–Trinajstić information content (AvgIpc) is 2.40. The third-order valence-corrected chi connectivity index (χ3v) is 4.04. The van der Waals surface area contributed by atoms with Crippen LogP contribution in [-0.4, -0.2) is 35.2 Å². The number of piperidine rings is 1. The Morgan fingerprint density at radius 1 is 1.47 bits per heavy atom. The Morgan fingerprint density at radius 3 is 2.88 bits per heavy atom. The summed E-state index contributed by atoms with van der Waals surface area (Å²) in [7, 11) is 0. The second-order valence-corrected chi connectivity index (χ2v) is 5.46. The highest BCUT2D eigenvalue weighted by molar-refractivity contribution is 7.98. The van der Waals surface area contributed by atoms with Crippen LogP contribution in [0.25, 0.3) is 0 Å². The molecular formula is C12H18ClN3S. The predicted molar refractivity (Wildman–Crippen MR) is 74.1 cm³/mol. The minimum atomic E-state index is 0.787. The lowest BCUT2D eigenvalue weighted by Crippen LogP contribution is -2.34. The highest BCUT2D eigenvalue weighted by atomic mass is 35.5. The highest BCUT2D eigenvalue weighted by Crippen LogP contribution is 2.24. The Kier molecular flexibility index (Phi) is 4.92. The van der Waals surface area contributed by atoms with Gasteiger partial charge < -0.3 is 4.90 Å². The van der Waals surface area contributed by atoms with E-state index in [1.54, 1.807) is 11.8 Å². The predicted octanol–water partition coefficient (Wildman–Crippen LogP) is 3.04. The molecule has 0 aromatic carbocycles. The summed E-state index contributed by atoms with van der Waals surface area (Å²) >= 11 is 7.38. The van der Waals surface area contributed by atoms with Crippen LogP contribution in [0.5, 0.6) is 0 Å². The molecule has 0 spiro atoms. The van der Waals surface area contributed by atoms with E-state index in [0.717, 1.165) is 42.3 Å². The molecule has 1 fully saturated rings. The molecule has 0 bridgehead atoms. The largest absolute Gasteiger partial charge is 0.356 e. The van der Waals surface area contributed by atoms with Crippen LogP contribution in [-0.2, 0) is 0 Å². The summed E-state index contributed by atoms with van der Waals surface area (Å²) in [6, 6.07) is 2.00. The molecule has 0 saturated carbocycles. The van der Waals surface area contributed by atoms with E-state index >= 15 is 0 Å². The molecule has 3 nitrogen and oxygen atoms in total. The number of hydrogen-bond acceptors (Lipinski definition) is 4. The van der Waals surface area contributed by atoms with Gasteiger partial charge in [-0.25, -0.2) is 9.97 Å². The van der Waals surface area contributed by atoms with E-state index in [-0.39, 0.29) is 0 Å². The first-order chi connectivity index (χ1) is 8.33. The standard InChI is InChI=1S/C12H18ClN3S/c1-17-12-14-7-3-11(15-12)16-8-4-10(2-6-13)5-9-16/h3,7,10H,2,4-6,8-9H2,1H3. The number of halogens is 1. The normalized spacial score (nSPS) is 17.4. The third-order valence-electron chi connectivity index (χ3n) is 3.26. The zero-order valence-corrected chi connectivity index (χ0v) is 11.7. The Balaban J connectivity index is 1.95. The smallest absolute Gasteiger partial charge is 0.189 e. The van der Waals surface area contributed by atoms with Gasteiger partial charge in [-0.05, 0) is 37.5 Å². The molecule has 1 aromatic rings. The first-order valence-corrected chi connectivity index (χ1v) is 7.77. The van der Waals surface area contributed by atoms with Crippen LogP contribution in [0.4, 0.5) is 5.82 Å². The number of rotatable bonds is 4. The van der Waals surface area contributed by atoms with Crippen molar-refractivity contribution in [3.8, 4) is 0 Å². The van der Waals surface area contributed by atoms with Gasteiger partial charge in [-0.15, -0.1) is 11.6 Å². The molecule has 0 radical (unpaired) electrons. The van der Waals surface area contributed by atoms with Gasteiger partial charge in [-0.1, -0.05) is 11.8 Å². The van der Waals surface area contributed by atoms with E-state index in [1.165, 1.54) is 12.8 Å². The van der Waals surface area contributed by atoms with Gasteiger partial charge >= 0.3 is 0 Å². The van der Waals surface area contributed by atoms with Gasteiger partial charge in [-0.3, -0.25) is 0 Å². The molecule has 94 valence electrons. The minimum Gasteiger partial charge on any atom is -0.356 e. The van der Waals surface area contributed by atoms with Crippen LogP contribution >= 0.6 is 23.4 Å². The minimum absolute atomic E-state index is 0.787. The SMILES string of the molecule is CSc1nccc(N2CCC(CCCl)CC2)n1. The van der Waals surface area contributed by atoms with Gasteiger partial charge in [0.05, 0.1) is 0 Å². The summed E-state index contributed by atoms with van der Waals surface area (Å²) in [5.74, 6) is 2.65. The molecule has 1 saturated heterocycles. The van der Waals surface area contributed by atoms with Gasteiger partial charge in [-0.2, -0.15) is 0 Å². The molecule has 0 aliphatic carbocycles. The summed E-state index contributed by atoms with van der Waals surface area (Å²) in [4.78, 5) is 11.1. The molecule has 0 atom stereocenters. The van der Waals surface area contributed by atoms with Crippen molar-refractivity contribution in [2.24, 2.45) is 5.92 Å². The lowest BCUT2D eigenvalue weighted by molar-refractivity contribution is 0.395. The zero-order chi connectivity index (χ0) is 12.1. The Hall–Kier alpha value is -0.480. The number of anilines is 1. The van der Waals surface area contributed by atoms with E-state index in [9.17, 15) is 0 Å². The fourth-order valence-electron chi connectivity index (χ4n) is 2.21. The van der Waals surface area contributed by atoms with Gasteiger partial charge in [0, 0.05) is 25.2 Å². The van der Waals surface area contributed by atoms with Crippen LogP contribution in [0, 0.1) is 5.92 Å². The highest BCUT2D eigenvalue weighted by Gasteiger charge is 2.19. The summed E-state index contributed by atoms with van der Waals surface area (Å²) in [5.41, 5.74) is 0. The van der Waals surface area contributed by atoms with Crippen molar-refractivity contribution in [2.45, 2.75) is 24.4 Å². The summed E-state index contributed by atoms with van der Waals surface area (Å²) in [6.07, 6.45) is 7.46. The molecular weight excluding hydrogens is 254 g/mol. The van der Waals surface area contributed by atoms with Crippen molar-refractivity contribution in [1.29, 1.82) is 0 Å². The lowest BCUT2D eigenvalue weighted by atomic mass is 9.94. The maximum absolute atomic E-state index is 5.79. The second-order valence-electron chi connectivity index (χ2n) is 4.31. The topological polar surface area (TPSA) is 29.0 Å². The van der Waals surface area contributed by atoms with E-state index in [1.807, 2.05) is 18.5 Å². The van der Waals surface area contributed by atoms with Gasteiger partial charge in [0.1, 0.15) is 5.82 Å². The quantitative estimate of drug-likeness (QED) is 0.478. The van der Waals surface area contributed by atoms with Gasteiger partial charge in [0.2, 0.25) is 0 Å². The van der Waals surface area contributed by atoms with Crippen LogP contribution in [0.15, 0.2) is 17.4 Å². The van der Waals surface area contributed by atoms with E-state index in [4.69, 9.17) is 11.6 Å². The van der Waals surface area contributed by atoms with Gasteiger partial charge in [0.15, 0.2) is 5.16 Å². The first-order valence-electron chi connectivity index (χ1n) is 6.01. The van der Waals surface area contributed by atoms with Crippen molar-refractivity contribution in [2.75, 3.05) is 30.1 Å². The molecule has 1 aromatic heterocycles. The third kappa shape index (κ3) is 3.49. The molecule has 0 N–H and O–H groups in total. The molecule has 5 heteroatoms. The molecule has 2 rings (SSSR count). The van der Waals surface area contributed by atoms with Crippen molar-refractivity contribution in [1.82, 2.24) is 9.97 Å². The molecule has 1 aliphatic heterocycles. The number of nitrogens with zero attached hydrogens (tertiary/aromatic N) is 3.